The van der Waals surface area contributed by atoms with E-state index in [0.717, 1.165) is 0 Å². The SMILES string of the molecule is C=C(C)C(=O)OCC.CCOC(=O)C(C)(C)Br. The molecule has 0 fully saturated rings. The van der Waals surface area contributed by atoms with Gasteiger partial charge < -0.3 is 9.47 Å². The molecule has 0 aliphatic heterocycles. The number of rotatable bonds is 4. The third-order valence-corrected chi connectivity index (χ3v) is 1.71. The molecule has 0 spiro atoms. The number of hydrogen-bond acceptors (Lipinski definition) is 4. The van der Waals surface area contributed by atoms with Crippen molar-refractivity contribution in [2.75, 3.05) is 13.2 Å². The molecule has 0 heterocycles. The zero-order valence-corrected chi connectivity index (χ0v) is 12.7. The fraction of sp³-hybridized carbons (Fsp3) is 0.667. The third kappa shape index (κ3) is 11.4. The van der Waals surface area contributed by atoms with Crippen LogP contribution in [0.25, 0.3) is 0 Å². The van der Waals surface area contributed by atoms with Crippen LogP contribution in [-0.4, -0.2) is 29.5 Å². The molecule has 0 atom stereocenters. The highest BCUT2D eigenvalue weighted by Crippen LogP contribution is 2.16. The Morgan fingerprint density at radius 1 is 1.18 bits per heavy atom. The van der Waals surface area contributed by atoms with Gasteiger partial charge in [-0.1, -0.05) is 22.5 Å². The average molecular weight is 309 g/mol. The molecule has 0 aliphatic rings. The Morgan fingerprint density at radius 2 is 1.59 bits per heavy atom. The van der Waals surface area contributed by atoms with E-state index in [1.54, 1.807) is 34.6 Å². The molecule has 0 N–H and O–H groups in total. The second kappa shape index (κ2) is 9.22. The predicted molar refractivity (Wildman–Crippen MR) is 71.1 cm³/mol. The molecule has 0 aromatic rings. The second-order valence-electron chi connectivity index (χ2n) is 3.69. The molecule has 0 aromatic heterocycles. The predicted octanol–water partition coefficient (Wildman–Crippen LogP) is 2.85. The van der Waals surface area contributed by atoms with E-state index in [2.05, 4.69) is 27.2 Å². The molecule has 0 bridgehead atoms. The number of carbonyl (C=O) groups excluding carboxylic acids is 2. The van der Waals surface area contributed by atoms with Crippen LogP contribution >= 0.6 is 15.9 Å². The minimum atomic E-state index is -0.539. The van der Waals surface area contributed by atoms with Crippen LogP contribution in [0.15, 0.2) is 12.2 Å². The largest absolute Gasteiger partial charge is 0.465 e. The molecule has 100 valence electrons. The fourth-order valence-corrected chi connectivity index (χ4v) is 0.671. The topological polar surface area (TPSA) is 52.6 Å². The minimum absolute atomic E-state index is 0.218. The van der Waals surface area contributed by atoms with Gasteiger partial charge in [0.25, 0.3) is 0 Å². The highest BCUT2D eigenvalue weighted by atomic mass is 79.9. The molecular formula is C12H21BrO4. The lowest BCUT2D eigenvalue weighted by molar-refractivity contribution is -0.144. The molecule has 0 rings (SSSR count). The average Bonchev–Trinajstić information content (AvgIpc) is 2.18. The molecule has 0 aliphatic carbocycles. The Kier molecular flexibility index (Phi) is 10.0. The van der Waals surface area contributed by atoms with E-state index >= 15 is 0 Å². The monoisotopic (exact) mass is 308 g/mol. The summed E-state index contributed by atoms with van der Waals surface area (Å²) in [5.41, 5.74) is 0.451. The number of alkyl halides is 1. The van der Waals surface area contributed by atoms with E-state index < -0.39 is 4.32 Å². The number of esters is 2. The first-order valence-electron chi connectivity index (χ1n) is 5.35. The second-order valence-corrected chi connectivity index (χ2v) is 5.68. The molecule has 0 radical (unpaired) electrons. The van der Waals surface area contributed by atoms with Crippen molar-refractivity contribution in [2.24, 2.45) is 0 Å². The minimum Gasteiger partial charge on any atom is -0.465 e. The first-order chi connectivity index (χ1) is 7.66. The van der Waals surface area contributed by atoms with E-state index in [9.17, 15) is 9.59 Å². The number of ether oxygens (including phenoxy) is 2. The van der Waals surface area contributed by atoms with Crippen LogP contribution in [-0.2, 0) is 19.1 Å². The maximum Gasteiger partial charge on any atom is 0.333 e. The number of hydrogen-bond donors (Lipinski definition) is 0. The molecule has 17 heavy (non-hydrogen) atoms. The van der Waals surface area contributed by atoms with Gasteiger partial charge in [-0.15, -0.1) is 0 Å². The van der Waals surface area contributed by atoms with Gasteiger partial charge in [-0.2, -0.15) is 0 Å². The molecule has 0 saturated heterocycles. The summed E-state index contributed by atoms with van der Waals surface area (Å²) >= 11 is 3.17. The van der Waals surface area contributed by atoms with Crippen molar-refractivity contribution in [3.05, 3.63) is 12.2 Å². The summed E-state index contributed by atoms with van der Waals surface area (Å²) in [6.07, 6.45) is 0. The van der Waals surface area contributed by atoms with Gasteiger partial charge in [0.15, 0.2) is 0 Å². The van der Waals surface area contributed by atoms with Crippen molar-refractivity contribution >= 4 is 27.9 Å². The van der Waals surface area contributed by atoms with Crippen molar-refractivity contribution < 1.29 is 19.1 Å². The van der Waals surface area contributed by atoms with Crippen LogP contribution in [0.5, 0.6) is 0 Å². The van der Waals surface area contributed by atoms with Crippen LogP contribution in [0.4, 0.5) is 0 Å². The highest BCUT2D eigenvalue weighted by molar-refractivity contribution is 9.10. The Balaban J connectivity index is 0. The Hall–Kier alpha value is -0.840. The summed E-state index contributed by atoms with van der Waals surface area (Å²) in [5, 5.41) is 0. The van der Waals surface area contributed by atoms with E-state index in [4.69, 9.17) is 4.74 Å². The van der Waals surface area contributed by atoms with E-state index in [1.165, 1.54) is 0 Å². The fourth-order valence-electron chi connectivity index (χ4n) is 0.557. The maximum atomic E-state index is 10.8. The lowest BCUT2D eigenvalue weighted by atomic mass is 10.2. The molecule has 0 saturated carbocycles. The zero-order valence-electron chi connectivity index (χ0n) is 11.1. The van der Waals surface area contributed by atoms with Crippen molar-refractivity contribution in [1.82, 2.24) is 0 Å². The standard InChI is InChI=1S/C6H11BrO2.C6H10O2/c1-4-9-5(8)6(2,3)7;1-4-8-6(7)5(2)3/h4H2,1-3H3;2,4H2,1,3H3. The van der Waals surface area contributed by atoms with Crippen LogP contribution in [0.1, 0.15) is 34.6 Å². The van der Waals surface area contributed by atoms with Gasteiger partial charge in [0.2, 0.25) is 0 Å². The molecular weight excluding hydrogens is 288 g/mol. The lowest BCUT2D eigenvalue weighted by Crippen LogP contribution is -2.26. The number of carbonyl (C=O) groups is 2. The summed E-state index contributed by atoms with van der Waals surface area (Å²) in [5.74, 6) is -0.530. The maximum absolute atomic E-state index is 10.8. The summed E-state index contributed by atoms with van der Waals surface area (Å²) in [7, 11) is 0. The van der Waals surface area contributed by atoms with Crippen molar-refractivity contribution in [2.45, 2.75) is 38.9 Å². The lowest BCUT2D eigenvalue weighted by Gasteiger charge is -2.12. The van der Waals surface area contributed by atoms with Gasteiger partial charge in [0, 0.05) is 5.57 Å². The highest BCUT2D eigenvalue weighted by Gasteiger charge is 2.24. The van der Waals surface area contributed by atoms with E-state index in [1.807, 2.05) is 0 Å². The third-order valence-electron chi connectivity index (χ3n) is 1.38. The van der Waals surface area contributed by atoms with Gasteiger partial charge in [0.1, 0.15) is 4.32 Å². The Morgan fingerprint density at radius 3 is 1.71 bits per heavy atom. The summed E-state index contributed by atoms with van der Waals surface area (Å²) < 4.78 is 8.75. The van der Waals surface area contributed by atoms with Gasteiger partial charge in [-0.3, -0.25) is 4.79 Å². The van der Waals surface area contributed by atoms with E-state index in [0.29, 0.717) is 18.8 Å². The van der Waals surface area contributed by atoms with Gasteiger partial charge >= 0.3 is 11.9 Å². The molecule has 5 heteroatoms. The van der Waals surface area contributed by atoms with Crippen molar-refractivity contribution in [3.8, 4) is 0 Å². The van der Waals surface area contributed by atoms with Crippen LogP contribution in [0, 0.1) is 0 Å². The van der Waals surface area contributed by atoms with Crippen LogP contribution in [0.2, 0.25) is 0 Å². The summed E-state index contributed by atoms with van der Waals surface area (Å²) in [4.78, 5) is 21.2. The van der Waals surface area contributed by atoms with Crippen LogP contribution < -0.4 is 0 Å². The first-order valence-corrected chi connectivity index (χ1v) is 6.14. The van der Waals surface area contributed by atoms with Gasteiger partial charge in [-0.25, -0.2) is 4.79 Å². The molecule has 0 aromatic carbocycles. The summed E-state index contributed by atoms with van der Waals surface area (Å²) in [6.45, 7) is 12.9. The Bertz CT molecular complexity index is 266. The molecule has 4 nitrogen and oxygen atoms in total. The normalized spacial score (nSPS) is 9.76. The molecule has 0 unspecified atom stereocenters. The van der Waals surface area contributed by atoms with Crippen molar-refractivity contribution in [3.63, 3.8) is 0 Å². The van der Waals surface area contributed by atoms with Crippen LogP contribution in [0.3, 0.4) is 0 Å². The quantitative estimate of drug-likeness (QED) is 0.455. The molecule has 0 amide bonds. The zero-order chi connectivity index (χ0) is 14.1. The number of halogens is 1. The van der Waals surface area contributed by atoms with Gasteiger partial charge in [0.05, 0.1) is 13.2 Å². The summed E-state index contributed by atoms with van der Waals surface area (Å²) in [6, 6.07) is 0. The van der Waals surface area contributed by atoms with Gasteiger partial charge in [-0.05, 0) is 34.6 Å². The van der Waals surface area contributed by atoms with E-state index in [-0.39, 0.29) is 11.9 Å². The van der Waals surface area contributed by atoms with Crippen molar-refractivity contribution in [1.29, 1.82) is 0 Å². The first kappa shape index (κ1) is 18.5. The Labute approximate surface area is 111 Å². The smallest absolute Gasteiger partial charge is 0.333 e.